The molecule has 2 nitrogen and oxygen atoms in total. The quantitative estimate of drug-likeness (QED) is 0.760. The van der Waals surface area contributed by atoms with Crippen molar-refractivity contribution in [2.75, 3.05) is 39.3 Å². The normalized spacial score (nSPS) is 29.2. The third-order valence-corrected chi connectivity index (χ3v) is 4.99. The number of nitrogens with zero attached hydrogens (tertiary/aromatic N) is 2. The van der Waals surface area contributed by atoms with Gasteiger partial charge in [0, 0.05) is 6.54 Å². The number of rotatable bonds is 4. The highest BCUT2D eigenvalue weighted by molar-refractivity contribution is 4.87. The summed E-state index contributed by atoms with van der Waals surface area (Å²) in [4.78, 5) is 5.30. The highest BCUT2D eigenvalue weighted by atomic mass is 15.2. The molecule has 1 unspecified atom stereocenters. The lowest BCUT2D eigenvalue weighted by atomic mass is 9.85. The molecule has 0 aromatic carbocycles. The van der Waals surface area contributed by atoms with E-state index in [-0.39, 0.29) is 0 Å². The molecule has 2 aliphatic heterocycles. The Kier molecular flexibility index (Phi) is 8.13. The van der Waals surface area contributed by atoms with Gasteiger partial charge in [-0.1, -0.05) is 41.0 Å². The molecule has 120 valence electrons. The largest absolute Gasteiger partial charge is 0.303 e. The average Bonchev–Trinajstić information content (AvgIpc) is 2.82. The molecule has 0 aromatic rings. The highest BCUT2D eigenvalue weighted by Crippen LogP contribution is 2.33. The van der Waals surface area contributed by atoms with Crippen molar-refractivity contribution in [3.63, 3.8) is 0 Å². The van der Waals surface area contributed by atoms with Gasteiger partial charge in [-0.25, -0.2) is 0 Å². The highest BCUT2D eigenvalue weighted by Gasteiger charge is 2.33. The van der Waals surface area contributed by atoms with Crippen LogP contribution in [-0.4, -0.2) is 49.1 Å². The van der Waals surface area contributed by atoms with E-state index in [0.717, 1.165) is 5.92 Å². The van der Waals surface area contributed by atoms with E-state index in [2.05, 4.69) is 44.4 Å². The fraction of sp³-hybridized carbons (Fsp3) is 1.00. The monoisotopic (exact) mass is 282 g/mol. The Morgan fingerprint density at radius 1 is 1.00 bits per heavy atom. The molecule has 0 aromatic heterocycles. The predicted molar refractivity (Wildman–Crippen MR) is 90.3 cm³/mol. The molecule has 2 heteroatoms. The van der Waals surface area contributed by atoms with Gasteiger partial charge in [-0.05, 0) is 69.7 Å². The molecule has 0 radical (unpaired) electrons. The SMILES string of the molecule is CCC.CCN1CCC(C)(CCN2CCC(C)CC2)C1. The van der Waals surface area contributed by atoms with Crippen molar-refractivity contribution in [3.05, 3.63) is 0 Å². The molecule has 0 aliphatic carbocycles. The van der Waals surface area contributed by atoms with Crippen LogP contribution in [0.1, 0.15) is 66.7 Å². The molecule has 20 heavy (non-hydrogen) atoms. The first kappa shape index (κ1) is 18.0. The summed E-state index contributed by atoms with van der Waals surface area (Å²) in [6, 6.07) is 0. The molecule has 2 aliphatic rings. The second-order valence-corrected chi connectivity index (χ2v) is 7.41. The average molecular weight is 283 g/mol. The zero-order valence-corrected chi connectivity index (χ0v) is 14.7. The van der Waals surface area contributed by atoms with Crippen molar-refractivity contribution in [2.45, 2.75) is 66.7 Å². The van der Waals surface area contributed by atoms with Crippen LogP contribution in [0.15, 0.2) is 0 Å². The number of likely N-dealkylation sites (tertiary alicyclic amines) is 2. The van der Waals surface area contributed by atoms with Crippen LogP contribution in [0, 0.1) is 11.3 Å². The van der Waals surface area contributed by atoms with E-state index in [0.29, 0.717) is 5.41 Å². The number of hydrogen-bond acceptors (Lipinski definition) is 2. The van der Waals surface area contributed by atoms with E-state index in [1.54, 1.807) is 0 Å². The summed E-state index contributed by atoms with van der Waals surface area (Å²) in [5.74, 6) is 0.962. The van der Waals surface area contributed by atoms with Crippen molar-refractivity contribution in [1.82, 2.24) is 9.80 Å². The molecule has 0 bridgehead atoms. The van der Waals surface area contributed by atoms with Gasteiger partial charge in [0.05, 0.1) is 0 Å². The molecule has 2 fully saturated rings. The molecule has 0 amide bonds. The minimum atomic E-state index is 0.596. The van der Waals surface area contributed by atoms with Gasteiger partial charge in [-0.15, -0.1) is 0 Å². The zero-order valence-electron chi connectivity index (χ0n) is 14.7. The fourth-order valence-corrected chi connectivity index (χ4v) is 3.31. The number of hydrogen-bond donors (Lipinski definition) is 0. The lowest BCUT2D eigenvalue weighted by Gasteiger charge is -2.33. The maximum atomic E-state index is 2.69. The molecule has 0 spiro atoms. The third-order valence-electron chi connectivity index (χ3n) is 4.99. The molecular formula is C18H38N2. The Morgan fingerprint density at radius 2 is 1.60 bits per heavy atom. The first-order valence-electron chi connectivity index (χ1n) is 8.97. The third kappa shape index (κ3) is 6.13. The second-order valence-electron chi connectivity index (χ2n) is 7.41. The molecule has 2 saturated heterocycles. The zero-order chi connectivity index (χ0) is 15.0. The Labute approximate surface area is 127 Å². The first-order chi connectivity index (χ1) is 9.53. The Hall–Kier alpha value is -0.0800. The van der Waals surface area contributed by atoms with E-state index in [9.17, 15) is 0 Å². The molecule has 2 rings (SSSR count). The van der Waals surface area contributed by atoms with E-state index < -0.39 is 0 Å². The Balaban J connectivity index is 0.000000612. The molecule has 2 heterocycles. The summed E-state index contributed by atoms with van der Waals surface area (Å²) < 4.78 is 0. The van der Waals surface area contributed by atoms with Crippen LogP contribution in [0.3, 0.4) is 0 Å². The van der Waals surface area contributed by atoms with E-state index in [1.807, 2.05) is 0 Å². The Morgan fingerprint density at radius 3 is 2.10 bits per heavy atom. The van der Waals surface area contributed by atoms with Crippen LogP contribution >= 0.6 is 0 Å². The predicted octanol–water partition coefficient (Wildman–Crippen LogP) is 4.26. The van der Waals surface area contributed by atoms with Crippen molar-refractivity contribution in [2.24, 2.45) is 11.3 Å². The molecule has 0 saturated carbocycles. The summed E-state index contributed by atoms with van der Waals surface area (Å²) in [5.41, 5.74) is 0.596. The van der Waals surface area contributed by atoms with Gasteiger partial charge < -0.3 is 9.80 Å². The summed E-state index contributed by atoms with van der Waals surface area (Å²) >= 11 is 0. The minimum Gasteiger partial charge on any atom is -0.303 e. The van der Waals surface area contributed by atoms with Gasteiger partial charge in [0.1, 0.15) is 0 Å². The minimum absolute atomic E-state index is 0.596. The van der Waals surface area contributed by atoms with Gasteiger partial charge in [-0.2, -0.15) is 0 Å². The van der Waals surface area contributed by atoms with Gasteiger partial charge in [-0.3, -0.25) is 0 Å². The van der Waals surface area contributed by atoms with Crippen LogP contribution in [-0.2, 0) is 0 Å². The summed E-state index contributed by atoms with van der Waals surface area (Å²) in [5, 5.41) is 0. The van der Waals surface area contributed by atoms with Gasteiger partial charge in [0.2, 0.25) is 0 Å². The van der Waals surface area contributed by atoms with E-state index in [1.165, 1.54) is 71.4 Å². The summed E-state index contributed by atoms with van der Waals surface area (Å²) in [6.07, 6.45) is 6.89. The van der Waals surface area contributed by atoms with Gasteiger partial charge in [0.25, 0.3) is 0 Å². The van der Waals surface area contributed by atoms with Crippen LogP contribution in [0.25, 0.3) is 0 Å². The van der Waals surface area contributed by atoms with Crippen LogP contribution < -0.4 is 0 Å². The topological polar surface area (TPSA) is 6.48 Å². The molecule has 1 atom stereocenters. The van der Waals surface area contributed by atoms with Crippen LogP contribution in [0.5, 0.6) is 0 Å². The van der Waals surface area contributed by atoms with Crippen molar-refractivity contribution in [3.8, 4) is 0 Å². The standard InChI is InChI=1S/C15H30N2.C3H8/c1-4-16-11-7-15(3,13-16)8-12-17-9-5-14(2)6-10-17;1-3-2/h14H,4-13H2,1-3H3;3H2,1-2H3. The fourth-order valence-electron chi connectivity index (χ4n) is 3.31. The van der Waals surface area contributed by atoms with Crippen molar-refractivity contribution >= 4 is 0 Å². The maximum absolute atomic E-state index is 2.69. The van der Waals surface area contributed by atoms with Gasteiger partial charge >= 0.3 is 0 Å². The van der Waals surface area contributed by atoms with Crippen molar-refractivity contribution in [1.29, 1.82) is 0 Å². The van der Waals surface area contributed by atoms with Crippen molar-refractivity contribution < 1.29 is 0 Å². The summed E-state index contributed by atoms with van der Waals surface area (Å²) in [7, 11) is 0. The lowest BCUT2D eigenvalue weighted by molar-refractivity contribution is 0.159. The summed E-state index contributed by atoms with van der Waals surface area (Å²) in [6.45, 7) is 19.3. The van der Waals surface area contributed by atoms with Gasteiger partial charge in [0.15, 0.2) is 0 Å². The first-order valence-corrected chi connectivity index (χ1v) is 8.97. The van der Waals surface area contributed by atoms with Crippen LogP contribution in [0.4, 0.5) is 0 Å². The lowest BCUT2D eigenvalue weighted by Crippen LogP contribution is -2.36. The van der Waals surface area contributed by atoms with E-state index >= 15 is 0 Å². The Bertz CT molecular complexity index is 246. The smallest absolute Gasteiger partial charge is 0.00362 e. The molecule has 0 N–H and O–H groups in total. The number of piperidine rings is 1. The molecular weight excluding hydrogens is 244 g/mol. The maximum Gasteiger partial charge on any atom is 0.00362 e. The second kappa shape index (κ2) is 9.04. The van der Waals surface area contributed by atoms with Crippen LogP contribution in [0.2, 0.25) is 0 Å². The van der Waals surface area contributed by atoms with E-state index in [4.69, 9.17) is 0 Å².